The van der Waals surface area contributed by atoms with E-state index in [1.807, 2.05) is 6.20 Å². The third-order valence-corrected chi connectivity index (χ3v) is 7.19. The zero-order chi connectivity index (χ0) is 28.2. The predicted octanol–water partition coefficient (Wildman–Crippen LogP) is 3.13. The third kappa shape index (κ3) is 9.33. The van der Waals surface area contributed by atoms with Gasteiger partial charge in [-0.1, -0.05) is 31.3 Å². The molecule has 8 nitrogen and oxygen atoms in total. The van der Waals surface area contributed by atoms with E-state index >= 15 is 0 Å². The Morgan fingerprint density at radius 1 is 1.28 bits per heavy atom. The Hall–Kier alpha value is -2.95. The number of aromatic nitrogens is 1. The highest BCUT2D eigenvalue weighted by molar-refractivity contribution is 7.78. The van der Waals surface area contributed by atoms with E-state index < -0.39 is 24.0 Å². The molecule has 2 amide bonds. The minimum absolute atomic E-state index is 0.139. The molecule has 2 aliphatic heterocycles. The molecular weight excluding hydrogens is 519 g/mol. The average molecular weight is 559 g/mol. The number of carbonyl (C=O) groups excluding carboxylic acids is 2. The van der Waals surface area contributed by atoms with Crippen LogP contribution < -0.4 is 15.4 Å². The second-order valence-corrected chi connectivity index (χ2v) is 10.2. The Morgan fingerprint density at radius 3 is 2.82 bits per heavy atom. The van der Waals surface area contributed by atoms with Crippen molar-refractivity contribution in [1.82, 2.24) is 20.5 Å². The predicted molar refractivity (Wildman–Crippen MR) is 152 cm³/mol. The molecule has 3 N–H and O–H groups in total. The quantitative estimate of drug-likeness (QED) is 0.407. The van der Waals surface area contributed by atoms with Gasteiger partial charge >= 0.3 is 0 Å². The molecule has 39 heavy (non-hydrogen) atoms. The first-order valence-electron chi connectivity index (χ1n) is 13.5. The van der Waals surface area contributed by atoms with Gasteiger partial charge in [-0.2, -0.15) is 0 Å². The molecular formula is C29H39FN4O4S. The first-order valence-corrected chi connectivity index (χ1v) is 14.0. The number of ether oxygens (including phenoxy) is 1. The van der Waals surface area contributed by atoms with E-state index in [0.717, 1.165) is 17.5 Å². The summed E-state index contributed by atoms with van der Waals surface area (Å²) in [5.41, 5.74) is 2.72. The monoisotopic (exact) mass is 558 g/mol. The van der Waals surface area contributed by atoms with Crippen LogP contribution >= 0.6 is 12.2 Å². The van der Waals surface area contributed by atoms with E-state index in [1.165, 1.54) is 11.0 Å². The Kier molecular flexibility index (Phi) is 12.2. The maximum atomic E-state index is 14.8. The average Bonchev–Trinajstić information content (AvgIpc) is 2.93. The topological polar surface area (TPSA) is 104 Å². The number of aliphatic hydroxyl groups is 1. The molecule has 2 bridgehead atoms. The largest absolute Gasteiger partial charge is 0.491 e. The molecule has 3 atom stereocenters. The summed E-state index contributed by atoms with van der Waals surface area (Å²) < 4.78 is 20.3. The second-order valence-electron chi connectivity index (χ2n) is 9.91. The Bertz CT molecular complexity index is 1120. The summed E-state index contributed by atoms with van der Waals surface area (Å²) in [7, 11) is 1.62. The standard InChI is InChI=1S/C29H39FN4O4S/c1-3-20-13-22(17-31-16-20)18-32-19-26(35)24-15-21-9-10-27(23(30)14-21)38-11-5-4-8-28(36)34(2)25(7-6-12-39)29(37)33-24/h9-10,12-14,16-17,24-26,32,35H,3-8,11,15,18-19H2,1-2H3,(H,33,37)/t24-,25-,26+/m0/s1. The van der Waals surface area contributed by atoms with E-state index in [4.69, 9.17) is 17.0 Å². The fourth-order valence-corrected chi connectivity index (χ4v) is 4.72. The molecule has 4 rings (SSSR count). The van der Waals surface area contributed by atoms with Gasteiger partial charge in [0.25, 0.3) is 0 Å². The van der Waals surface area contributed by atoms with Gasteiger partial charge in [-0.15, -0.1) is 0 Å². The number of nitrogens with zero attached hydrogens (tertiary/aromatic N) is 2. The maximum absolute atomic E-state index is 14.8. The van der Waals surface area contributed by atoms with Crippen LogP contribution in [-0.2, 0) is 29.0 Å². The lowest BCUT2D eigenvalue weighted by molar-refractivity contribution is -0.139. The van der Waals surface area contributed by atoms with Crippen LogP contribution in [0.3, 0.4) is 0 Å². The molecule has 0 saturated heterocycles. The fraction of sp³-hybridized carbons (Fsp3) is 0.517. The number of benzene rings is 1. The lowest BCUT2D eigenvalue weighted by Crippen LogP contribution is -2.55. The highest BCUT2D eigenvalue weighted by Crippen LogP contribution is 2.21. The van der Waals surface area contributed by atoms with Crippen molar-refractivity contribution in [2.24, 2.45) is 0 Å². The number of amides is 2. The van der Waals surface area contributed by atoms with Crippen molar-refractivity contribution in [1.29, 1.82) is 0 Å². The number of aryl methyl sites for hydroxylation is 1. The molecule has 2 aliphatic rings. The highest BCUT2D eigenvalue weighted by atomic mass is 32.1. The van der Waals surface area contributed by atoms with Gasteiger partial charge in [-0.25, -0.2) is 4.39 Å². The minimum Gasteiger partial charge on any atom is -0.491 e. The number of hydrogen-bond donors (Lipinski definition) is 3. The fourth-order valence-electron chi connectivity index (χ4n) is 4.58. The van der Waals surface area contributed by atoms with Gasteiger partial charge in [0.05, 0.1) is 18.8 Å². The second kappa shape index (κ2) is 15.6. The van der Waals surface area contributed by atoms with Crippen LogP contribution in [0.2, 0.25) is 0 Å². The zero-order valence-corrected chi connectivity index (χ0v) is 23.5. The number of halogens is 1. The van der Waals surface area contributed by atoms with Crippen molar-refractivity contribution in [3.05, 3.63) is 59.2 Å². The first kappa shape index (κ1) is 30.6. The summed E-state index contributed by atoms with van der Waals surface area (Å²) in [5, 5.41) is 18.9. The van der Waals surface area contributed by atoms with E-state index in [0.29, 0.717) is 37.8 Å². The molecule has 212 valence electrons. The number of thiocarbonyl (C=S) groups is 1. The zero-order valence-electron chi connectivity index (χ0n) is 22.7. The van der Waals surface area contributed by atoms with Gasteiger partial charge in [0.1, 0.15) is 6.04 Å². The van der Waals surface area contributed by atoms with E-state index in [2.05, 4.69) is 28.6 Å². The van der Waals surface area contributed by atoms with Gasteiger partial charge in [0.2, 0.25) is 11.8 Å². The number of likely N-dealkylation sites (N-methyl/N-ethyl adjacent to an activating group) is 1. The minimum atomic E-state index is -0.985. The molecule has 10 heteroatoms. The summed E-state index contributed by atoms with van der Waals surface area (Å²) in [6, 6.07) is 5.26. The van der Waals surface area contributed by atoms with E-state index in [-0.39, 0.29) is 43.6 Å². The number of nitrogens with one attached hydrogen (secondary N) is 2. The Morgan fingerprint density at radius 2 is 2.08 bits per heavy atom. The number of pyridine rings is 1. The number of carbonyl (C=O) groups is 2. The lowest BCUT2D eigenvalue weighted by Gasteiger charge is -2.31. The molecule has 0 spiro atoms. The summed E-state index contributed by atoms with van der Waals surface area (Å²) in [4.78, 5) is 32.1. The molecule has 3 heterocycles. The molecule has 1 aromatic carbocycles. The van der Waals surface area contributed by atoms with Gasteiger partial charge < -0.3 is 25.4 Å². The smallest absolute Gasteiger partial charge is 0.243 e. The van der Waals surface area contributed by atoms with Crippen LogP contribution in [0.15, 0.2) is 36.7 Å². The van der Waals surface area contributed by atoms with Gasteiger partial charge in [0.15, 0.2) is 11.6 Å². The SMILES string of the molecule is CCc1cncc(CNC[C@@H](O)[C@@H]2Cc3ccc(c(F)c3)OCCCCC(=O)N(C)[C@@H](CCC=S)C(=O)N2)c1. The van der Waals surface area contributed by atoms with Crippen molar-refractivity contribution in [2.45, 2.75) is 76.6 Å². The van der Waals surface area contributed by atoms with Crippen molar-refractivity contribution in [3.63, 3.8) is 0 Å². The lowest BCUT2D eigenvalue weighted by atomic mass is 9.99. The van der Waals surface area contributed by atoms with Crippen molar-refractivity contribution < 1.29 is 23.8 Å². The Labute approximate surface area is 235 Å². The summed E-state index contributed by atoms with van der Waals surface area (Å²) in [5.74, 6) is -0.905. The summed E-state index contributed by atoms with van der Waals surface area (Å²) in [6.07, 6.45) is 5.89. The number of fused-ring (bicyclic) bond motifs is 13. The van der Waals surface area contributed by atoms with Gasteiger partial charge in [-0.3, -0.25) is 14.6 Å². The van der Waals surface area contributed by atoms with Crippen LogP contribution in [0, 0.1) is 5.82 Å². The first-order chi connectivity index (χ1) is 18.8. The molecule has 0 unspecified atom stereocenters. The summed E-state index contributed by atoms with van der Waals surface area (Å²) in [6.45, 7) is 3.02. The normalized spacial score (nSPS) is 19.8. The van der Waals surface area contributed by atoms with Crippen LogP contribution in [0.1, 0.15) is 55.7 Å². The summed E-state index contributed by atoms with van der Waals surface area (Å²) >= 11 is 4.97. The van der Waals surface area contributed by atoms with Crippen LogP contribution in [0.5, 0.6) is 5.75 Å². The molecule has 1 aromatic heterocycles. The highest BCUT2D eigenvalue weighted by Gasteiger charge is 2.30. The van der Waals surface area contributed by atoms with E-state index in [1.54, 1.807) is 30.7 Å². The molecule has 0 fully saturated rings. The number of aliphatic hydroxyl groups excluding tert-OH is 1. The maximum Gasteiger partial charge on any atom is 0.243 e. The van der Waals surface area contributed by atoms with Gasteiger partial charge in [-0.05, 0) is 72.7 Å². The van der Waals surface area contributed by atoms with Crippen LogP contribution in [-0.4, -0.2) is 70.6 Å². The molecule has 0 aliphatic carbocycles. The van der Waals surface area contributed by atoms with Crippen molar-refractivity contribution in [2.75, 3.05) is 20.2 Å². The molecule has 0 saturated carbocycles. The third-order valence-electron chi connectivity index (χ3n) is 6.95. The van der Waals surface area contributed by atoms with Crippen LogP contribution in [0.4, 0.5) is 4.39 Å². The van der Waals surface area contributed by atoms with Crippen molar-refractivity contribution >= 4 is 29.4 Å². The number of hydrogen-bond acceptors (Lipinski definition) is 7. The Balaban J connectivity index is 1.81. The number of rotatable bonds is 9. The van der Waals surface area contributed by atoms with Gasteiger partial charge in [0, 0.05) is 39.0 Å². The molecule has 0 radical (unpaired) electrons. The molecule has 2 aromatic rings. The van der Waals surface area contributed by atoms with E-state index in [9.17, 15) is 19.1 Å². The van der Waals surface area contributed by atoms with Crippen molar-refractivity contribution in [3.8, 4) is 5.75 Å². The van der Waals surface area contributed by atoms with Crippen LogP contribution in [0.25, 0.3) is 0 Å².